The van der Waals surface area contributed by atoms with Crippen molar-refractivity contribution in [2.75, 3.05) is 5.32 Å². The average molecular weight is 429 g/mol. The van der Waals surface area contributed by atoms with E-state index in [0.717, 1.165) is 10.0 Å². The Bertz CT molecular complexity index is 856. The van der Waals surface area contributed by atoms with Gasteiger partial charge in [0.25, 0.3) is 0 Å². The van der Waals surface area contributed by atoms with Crippen LogP contribution in [0.4, 0.5) is 5.82 Å². The zero-order chi connectivity index (χ0) is 17.1. The molecule has 1 amide bonds. The molecule has 1 N–H and O–H groups in total. The van der Waals surface area contributed by atoms with Gasteiger partial charge in [0, 0.05) is 34.1 Å². The maximum Gasteiger partial charge on any atom is 0.247 e. The van der Waals surface area contributed by atoms with Crippen molar-refractivity contribution >= 4 is 50.9 Å². The molecule has 2 aromatic heterocycles. The van der Waals surface area contributed by atoms with Gasteiger partial charge in [0.05, 0.1) is 17.2 Å². The van der Waals surface area contributed by atoms with Gasteiger partial charge in [0.1, 0.15) is 6.54 Å². The normalized spacial score (nSPS) is 10.8. The van der Waals surface area contributed by atoms with Gasteiger partial charge >= 0.3 is 0 Å². The Morgan fingerprint density at radius 1 is 1.21 bits per heavy atom. The lowest BCUT2D eigenvalue weighted by Crippen LogP contribution is -2.19. The molecule has 0 atom stereocenters. The minimum absolute atomic E-state index is 0.106. The SMILES string of the molecule is O=C(Cn1cc(Br)cn1)Nc1ccn(Cc2c(Cl)cccc2Cl)n1. The van der Waals surface area contributed by atoms with Gasteiger partial charge in [-0.05, 0) is 28.1 Å². The van der Waals surface area contributed by atoms with Crippen molar-refractivity contribution in [1.82, 2.24) is 19.6 Å². The molecule has 0 radical (unpaired) electrons. The number of nitrogens with zero attached hydrogens (tertiary/aromatic N) is 4. The molecule has 0 aliphatic rings. The summed E-state index contributed by atoms with van der Waals surface area (Å²) in [7, 11) is 0. The predicted molar refractivity (Wildman–Crippen MR) is 96.3 cm³/mol. The van der Waals surface area contributed by atoms with E-state index in [0.29, 0.717) is 22.4 Å². The highest BCUT2D eigenvalue weighted by atomic mass is 79.9. The molecule has 0 aliphatic carbocycles. The van der Waals surface area contributed by atoms with Crippen molar-refractivity contribution in [2.45, 2.75) is 13.1 Å². The van der Waals surface area contributed by atoms with Gasteiger partial charge in [-0.25, -0.2) is 0 Å². The van der Waals surface area contributed by atoms with Gasteiger partial charge in [-0.1, -0.05) is 29.3 Å². The third-order valence-corrected chi connectivity index (χ3v) is 4.32. The van der Waals surface area contributed by atoms with E-state index in [1.807, 2.05) is 0 Å². The number of carbonyl (C=O) groups excluding carboxylic acids is 1. The molecule has 0 saturated heterocycles. The summed E-state index contributed by atoms with van der Waals surface area (Å²) in [6, 6.07) is 7.05. The van der Waals surface area contributed by atoms with Crippen LogP contribution in [-0.4, -0.2) is 25.5 Å². The molecule has 124 valence electrons. The van der Waals surface area contributed by atoms with Gasteiger partial charge in [0.15, 0.2) is 5.82 Å². The molecule has 6 nitrogen and oxygen atoms in total. The number of nitrogens with one attached hydrogen (secondary N) is 1. The van der Waals surface area contributed by atoms with Crippen LogP contribution < -0.4 is 5.32 Å². The second-order valence-electron chi connectivity index (χ2n) is 5.00. The number of halogens is 3. The van der Waals surface area contributed by atoms with Crippen molar-refractivity contribution in [3.63, 3.8) is 0 Å². The summed E-state index contributed by atoms with van der Waals surface area (Å²) in [4.78, 5) is 12.0. The predicted octanol–water partition coefficient (Wildman–Crippen LogP) is 3.84. The molecule has 0 bridgehead atoms. The number of hydrogen-bond acceptors (Lipinski definition) is 3. The van der Waals surface area contributed by atoms with E-state index < -0.39 is 0 Å². The smallest absolute Gasteiger partial charge is 0.247 e. The van der Waals surface area contributed by atoms with Crippen molar-refractivity contribution < 1.29 is 4.79 Å². The molecular weight excluding hydrogens is 417 g/mol. The van der Waals surface area contributed by atoms with E-state index >= 15 is 0 Å². The molecule has 0 fully saturated rings. The van der Waals surface area contributed by atoms with Gasteiger partial charge in [-0.3, -0.25) is 14.2 Å². The molecule has 3 rings (SSSR count). The summed E-state index contributed by atoms with van der Waals surface area (Å²) in [5.74, 6) is 0.237. The lowest BCUT2D eigenvalue weighted by molar-refractivity contribution is -0.116. The molecule has 3 aromatic rings. The Kier molecular flexibility index (Phi) is 5.23. The zero-order valence-corrected chi connectivity index (χ0v) is 15.4. The molecule has 24 heavy (non-hydrogen) atoms. The summed E-state index contributed by atoms with van der Waals surface area (Å²) in [5.41, 5.74) is 0.781. The lowest BCUT2D eigenvalue weighted by Gasteiger charge is -2.07. The van der Waals surface area contributed by atoms with Gasteiger partial charge < -0.3 is 5.32 Å². The van der Waals surface area contributed by atoms with Gasteiger partial charge in [-0.2, -0.15) is 10.2 Å². The van der Waals surface area contributed by atoms with Crippen LogP contribution in [0.15, 0.2) is 47.3 Å². The summed E-state index contributed by atoms with van der Waals surface area (Å²) >= 11 is 15.6. The second kappa shape index (κ2) is 7.38. The van der Waals surface area contributed by atoms with E-state index in [-0.39, 0.29) is 12.5 Å². The maximum atomic E-state index is 12.0. The number of aromatic nitrogens is 4. The first kappa shape index (κ1) is 17.0. The van der Waals surface area contributed by atoms with Crippen molar-refractivity contribution in [1.29, 1.82) is 0 Å². The number of amides is 1. The number of hydrogen-bond donors (Lipinski definition) is 1. The number of benzene rings is 1. The van der Waals surface area contributed by atoms with E-state index in [1.165, 1.54) is 4.68 Å². The Hall–Kier alpha value is -1.83. The third-order valence-electron chi connectivity index (χ3n) is 3.20. The molecule has 0 spiro atoms. The van der Waals surface area contributed by atoms with Crippen LogP contribution in [0.25, 0.3) is 0 Å². The Morgan fingerprint density at radius 2 is 1.96 bits per heavy atom. The topological polar surface area (TPSA) is 64.7 Å². The van der Waals surface area contributed by atoms with E-state index in [1.54, 1.807) is 47.5 Å². The summed E-state index contributed by atoms with van der Waals surface area (Å²) in [6.45, 7) is 0.523. The number of rotatable bonds is 5. The minimum Gasteiger partial charge on any atom is -0.308 e. The van der Waals surface area contributed by atoms with Crippen LogP contribution in [0.5, 0.6) is 0 Å². The fourth-order valence-electron chi connectivity index (χ4n) is 2.12. The highest BCUT2D eigenvalue weighted by Crippen LogP contribution is 2.25. The monoisotopic (exact) mass is 427 g/mol. The Labute approximate surface area is 156 Å². The molecule has 0 saturated carbocycles. The highest BCUT2D eigenvalue weighted by molar-refractivity contribution is 9.10. The maximum absolute atomic E-state index is 12.0. The van der Waals surface area contributed by atoms with Crippen LogP contribution >= 0.6 is 39.1 Å². The Morgan fingerprint density at radius 3 is 2.62 bits per heavy atom. The highest BCUT2D eigenvalue weighted by Gasteiger charge is 2.10. The molecule has 9 heteroatoms. The molecular formula is C15H12BrCl2N5O. The van der Waals surface area contributed by atoms with E-state index in [2.05, 4.69) is 31.4 Å². The Balaban J connectivity index is 1.64. The summed E-state index contributed by atoms with van der Waals surface area (Å²) < 4.78 is 4.00. The van der Waals surface area contributed by atoms with Gasteiger partial charge in [-0.15, -0.1) is 0 Å². The molecule has 0 unspecified atom stereocenters. The number of carbonyl (C=O) groups is 1. The number of anilines is 1. The first-order valence-corrected chi connectivity index (χ1v) is 8.50. The quantitative estimate of drug-likeness (QED) is 0.671. The molecule has 0 aliphatic heterocycles. The largest absolute Gasteiger partial charge is 0.308 e. The first-order chi connectivity index (χ1) is 11.5. The summed E-state index contributed by atoms with van der Waals surface area (Å²) in [6.07, 6.45) is 5.09. The fraction of sp³-hybridized carbons (Fsp3) is 0.133. The van der Waals surface area contributed by atoms with Gasteiger partial charge in [0.2, 0.25) is 5.91 Å². The molecule has 1 aromatic carbocycles. The first-order valence-electron chi connectivity index (χ1n) is 6.95. The average Bonchev–Trinajstić information content (AvgIpc) is 3.12. The standard InChI is InChI=1S/C15H12BrCl2N5O/c16-10-6-19-23(7-10)9-15(24)20-14-4-5-22(21-14)8-11-12(17)2-1-3-13(11)18/h1-7H,8-9H2,(H,20,21,24). The van der Waals surface area contributed by atoms with Crippen molar-refractivity contribution in [3.8, 4) is 0 Å². The van der Waals surface area contributed by atoms with Crippen LogP contribution in [0.2, 0.25) is 10.0 Å². The van der Waals surface area contributed by atoms with E-state index in [9.17, 15) is 4.79 Å². The van der Waals surface area contributed by atoms with Crippen LogP contribution in [0.1, 0.15) is 5.56 Å². The van der Waals surface area contributed by atoms with Crippen molar-refractivity contribution in [3.05, 3.63) is 62.9 Å². The van der Waals surface area contributed by atoms with Crippen LogP contribution in [0.3, 0.4) is 0 Å². The van der Waals surface area contributed by atoms with Crippen molar-refractivity contribution in [2.24, 2.45) is 0 Å². The zero-order valence-electron chi connectivity index (χ0n) is 12.3. The lowest BCUT2D eigenvalue weighted by atomic mass is 10.2. The van der Waals surface area contributed by atoms with E-state index in [4.69, 9.17) is 23.2 Å². The summed E-state index contributed by atoms with van der Waals surface area (Å²) in [5, 5.41) is 12.2. The van der Waals surface area contributed by atoms with Crippen LogP contribution in [-0.2, 0) is 17.9 Å². The second-order valence-corrected chi connectivity index (χ2v) is 6.73. The third kappa shape index (κ3) is 4.17. The minimum atomic E-state index is -0.216. The van der Waals surface area contributed by atoms with Crippen LogP contribution in [0, 0.1) is 0 Å². The fourth-order valence-corrected chi connectivity index (χ4v) is 2.96. The molecule has 2 heterocycles.